The lowest BCUT2D eigenvalue weighted by molar-refractivity contribution is -0.143. The van der Waals surface area contributed by atoms with Gasteiger partial charge in [0.25, 0.3) is 0 Å². The van der Waals surface area contributed by atoms with Crippen molar-refractivity contribution in [3.8, 4) is 0 Å². The Labute approximate surface area is 165 Å². The molecule has 1 aromatic rings. The molecule has 0 bridgehead atoms. The summed E-state index contributed by atoms with van der Waals surface area (Å²) in [6.45, 7) is 4.70. The summed E-state index contributed by atoms with van der Waals surface area (Å²) in [4.78, 5) is 23.7. The van der Waals surface area contributed by atoms with Gasteiger partial charge in [-0.1, -0.05) is 82.2 Å². The highest BCUT2D eigenvalue weighted by Gasteiger charge is 2.10. The van der Waals surface area contributed by atoms with Gasteiger partial charge in [-0.15, -0.1) is 0 Å². The van der Waals surface area contributed by atoms with E-state index in [1.165, 1.54) is 38.5 Å². The lowest BCUT2D eigenvalue weighted by atomic mass is 10.1. The summed E-state index contributed by atoms with van der Waals surface area (Å²) in [6, 6.07) is 9.84. The van der Waals surface area contributed by atoms with Crippen molar-refractivity contribution in [1.82, 2.24) is 5.32 Å². The van der Waals surface area contributed by atoms with E-state index in [-0.39, 0.29) is 17.9 Å². The Morgan fingerprint density at radius 3 is 2.19 bits per heavy atom. The SMILES string of the molecule is CCCCCCCCCCOC(=O)CCCC(=O)NC(C)c1ccccc1. The molecule has 0 saturated heterocycles. The molecule has 0 aliphatic carbocycles. The Bertz CT molecular complexity index is 516. The fraction of sp³-hybridized carbons (Fsp3) is 0.652. The maximum absolute atomic E-state index is 12.0. The molecule has 1 unspecified atom stereocenters. The molecule has 1 atom stereocenters. The monoisotopic (exact) mass is 375 g/mol. The largest absolute Gasteiger partial charge is 0.466 e. The molecule has 0 aromatic heterocycles. The van der Waals surface area contributed by atoms with Gasteiger partial charge in [0.2, 0.25) is 5.91 Å². The molecule has 0 aliphatic heterocycles. The van der Waals surface area contributed by atoms with Crippen molar-refractivity contribution < 1.29 is 14.3 Å². The van der Waals surface area contributed by atoms with Gasteiger partial charge in [0.05, 0.1) is 12.6 Å². The fourth-order valence-corrected chi connectivity index (χ4v) is 3.03. The van der Waals surface area contributed by atoms with Gasteiger partial charge in [-0.2, -0.15) is 0 Å². The van der Waals surface area contributed by atoms with Crippen LogP contribution in [0.5, 0.6) is 0 Å². The van der Waals surface area contributed by atoms with Gasteiger partial charge in [0.15, 0.2) is 0 Å². The summed E-state index contributed by atoms with van der Waals surface area (Å²) in [5.74, 6) is -0.218. The standard InChI is InChI=1S/C23H37NO3/c1-3-4-5-6-7-8-9-13-19-27-23(26)18-14-17-22(25)24-20(2)21-15-11-10-12-16-21/h10-12,15-16,20H,3-9,13-14,17-19H2,1-2H3,(H,24,25). The fourth-order valence-electron chi connectivity index (χ4n) is 3.03. The first kappa shape index (κ1) is 23.2. The van der Waals surface area contributed by atoms with Gasteiger partial charge >= 0.3 is 5.97 Å². The Kier molecular flexibility index (Phi) is 13.1. The van der Waals surface area contributed by atoms with Crippen LogP contribution in [-0.4, -0.2) is 18.5 Å². The highest BCUT2D eigenvalue weighted by Crippen LogP contribution is 2.12. The first-order chi connectivity index (χ1) is 13.1. The van der Waals surface area contributed by atoms with Crippen molar-refractivity contribution in [2.24, 2.45) is 0 Å². The molecule has 4 heteroatoms. The summed E-state index contributed by atoms with van der Waals surface area (Å²) in [5, 5.41) is 2.96. The summed E-state index contributed by atoms with van der Waals surface area (Å²) in [5.41, 5.74) is 1.08. The molecule has 27 heavy (non-hydrogen) atoms. The van der Waals surface area contributed by atoms with Crippen molar-refractivity contribution in [3.05, 3.63) is 35.9 Å². The number of unbranched alkanes of at least 4 members (excludes halogenated alkanes) is 7. The van der Waals surface area contributed by atoms with E-state index in [9.17, 15) is 9.59 Å². The topological polar surface area (TPSA) is 55.4 Å². The number of rotatable bonds is 15. The summed E-state index contributed by atoms with van der Waals surface area (Å²) < 4.78 is 5.25. The Morgan fingerprint density at radius 2 is 1.52 bits per heavy atom. The predicted octanol–water partition coefficient (Wildman–Crippen LogP) is 5.72. The normalized spacial score (nSPS) is 11.8. The first-order valence-electron chi connectivity index (χ1n) is 10.6. The Hall–Kier alpha value is -1.84. The van der Waals surface area contributed by atoms with Crippen LogP contribution in [0.15, 0.2) is 30.3 Å². The average molecular weight is 376 g/mol. The number of esters is 1. The minimum Gasteiger partial charge on any atom is -0.466 e. The second-order valence-electron chi connectivity index (χ2n) is 7.25. The number of benzene rings is 1. The molecule has 1 rings (SSSR count). The number of carbonyl (C=O) groups excluding carboxylic acids is 2. The van der Waals surface area contributed by atoms with Gasteiger partial charge in [-0.05, 0) is 25.3 Å². The third-order valence-corrected chi connectivity index (χ3v) is 4.72. The molecule has 0 aliphatic rings. The highest BCUT2D eigenvalue weighted by atomic mass is 16.5. The van der Waals surface area contributed by atoms with Crippen LogP contribution in [0, 0.1) is 0 Å². The maximum atomic E-state index is 12.0. The van der Waals surface area contributed by atoms with E-state index in [1.807, 2.05) is 37.3 Å². The van der Waals surface area contributed by atoms with E-state index in [4.69, 9.17) is 4.74 Å². The lowest BCUT2D eigenvalue weighted by Crippen LogP contribution is -2.26. The van der Waals surface area contributed by atoms with Crippen LogP contribution in [0.1, 0.15) is 96.1 Å². The van der Waals surface area contributed by atoms with Crippen molar-refractivity contribution in [2.45, 2.75) is 90.5 Å². The zero-order valence-corrected chi connectivity index (χ0v) is 17.2. The van der Waals surface area contributed by atoms with E-state index < -0.39 is 0 Å². The quantitative estimate of drug-likeness (QED) is 0.315. The molecule has 0 fully saturated rings. The third kappa shape index (κ3) is 12.2. The Morgan fingerprint density at radius 1 is 0.889 bits per heavy atom. The summed E-state index contributed by atoms with van der Waals surface area (Å²) in [6.07, 6.45) is 11.0. The number of carbonyl (C=O) groups is 2. The number of ether oxygens (including phenoxy) is 1. The Balaban J connectivity index is 1.98. The number of amides is 1. The highest BCUT2D eigenvalue weighted by molar-refractivity contribution is 5.77. The molecule has 152 valence electrons. The number of nitrogens with one attached hydrogen (secondary N) is 1. The zero-order chi connectivity index (χ0) is 19.7. The van der Waals surface area contributed by atoms with Crippen LogP contribution in [-0.2, 0) is 14.3 Å². The van der Waals surface area contributed by atoms with Gasteiger partial charge in [-0.3, -0.25) is 9.59 Å². The van der Waals surface area contributed by atoms with Crippen LogP contribution < -0.4 is 5.32 Å². The molecule has 4 nitrogen and oxygen atoms in total. The van der Waals surface area contributed by atoms with Crippen LogP contribution in [0.2, 0.25) is 0 Å². The second kappa shape index (κ2) is 15.2. The van der Waals surface area contributed by atoms with Gasteiger partial charge in [0, 0.05) is 12.8 Å². The number of hydrogen-bond donors (Lipinski definition) is 1. The zero-order valence-electron chi connectivity index (χ0n) is 17.2. The molecule has 0 heterocycles. The summed E-state index contributed by atoms with van der Waals surface area (Å²) >= 11 is 0. The second-order valence-corrected chi connectivity index (χ2v) is 7.25. The molecule has 0 saturated carbocycles. The van der Waals surface area contributed by atoms with E-state index in [2.05, 4.69) is 12.2 Å². The van der Waals surface area contributed by atoms with Gasteiger partial charge in [-0.25, -0.2) is 0 Å². The molecule has 1 amide bonds. The molecule has 1 aromatic carbocycles. The average Bonchev–Trinajstić information content (AvgIpc) is 2.67. The van der Waals surface area contributed by atoms with Crippen LogP contribution >= 0.6 is 0 Å². The predicted molar refractivity (Wildman–Crippen MR) is 110 cm³/mol. The molecule has 0 radical (unpaired) electrons. The molecule has 0 spiro atoms. The molecular formula is C23H37NO3. The minimum atomic E-state index is -0.193. The smallest absolute Gasteiger partial charge is 0.305 e. The first-order valence-corrected chi connectivity index (χ1v) is 10.6. The van der Waals surface area contributed by atoms with E-state index in [0.717, 1.165) is 18.4 Å². The lowest BCUT2D eigenvalue weighted by Gasteiger charge is -2.14. The van der Waals surface area contributed by atoms with Gasteiger partial charge < -0.3 is 10.1 Å². The number of hydrogen-bond acceptors (Lipinski definition) is 3. The van der Waals surface area contributed by atoms with Crippen molar-refractivity contribution >= 4 is 11.9 Å². The summed E-state index contributed by atoms with van der Waals surface area (Å²) in [7, 11) is 0. The van der Waals surface area contributed by atoms with E-state index >= 15 is 0 Å². The van der Waals surface area contributed by atoms with Crippen LogP contribution in [0.3, 0.4) is 0 Å². The van der Waals surface area contributed by atoms with Gasteiger partial charge in [0.1, 0.15) is 0 Å². The molecule has 1 N–H and O–H groups in total. The third-order valence-electron chi connectivity index (χ3n) is 4.72. The van der Waals surface area contributed by atoms with Crippen LogP contribution in [0.25, 0.3) is 0 Å². The van der Waals surface area contributed by atoms with Crippen LogP contribution in [0.4, 0.5) is 0 Å². The molecular weight excluding hydrogens is 338 g/mol. The van der Waals surface area contributed by atoms with E-state index in [1.54, 1.807) is 0 Å². The van der Waals surface area contributed by atoms with Crippen molar-refractivity contribution in [3.63, 3.8) is 0 Å². The van der Waals surface area contributed by atoms with Crippen molar-refractivity contribution in [1.29, 1.82) is 0 Å². The maximum Gasteiger partial charge on any atom is 0.305 e. The van der Waals surface area contributed by atoms with Crippen molar-refractivity contribution in [2.75, 3.05) is 6.61 Å². The van der Waals surface area contributed by atoms with E-state index in [0.29, 0.717) is 25.9 Å². The minimum absolute atomic E-state index is 0.0207.